The van der Waals surface area contributed by atoms with Crippen molar-refractivity contribution in [1.29, 1.82) is 0 Å². The summed E-state index contributed by atoms with van der Waals surface area (Å²) in [4.78, 5) is 26.4. The summed E-state index contributed by atoms with van der Waals surface area (Å²) >= 11 is 0. The summed E-state index contributed by atoms with van der Waals surface area (Å²) in [6.45, 7) is 11.6. The van der Waals surface area contributed by atoms with Gasteiger partial charge in [-0.2, -0.15) is 0 Å². The fourth-order valence-electron chi connectivity index (χ4n) is 3.14. The smallest absolute Gasteiger partial charge is 0.319 e. The third-order valence-corrected chi connectivity index (χ3v) is 4.66. The highest BCUT2D eigenvalue weighted by Crippen LogP contribution is 2.31. The number of carbonyl (C=O) groups is 2. The highest BCUT2D eigenvalue weighted by Gasteiger charge is 2.25. The number of hydrogen-bond donors (Lipinski definition) is 3. The number of aliphatic hydroxyl groups is 1. The molecule has 0 spiro atoms. The molecule has 0 aliphatic carbocycles. The molecule has 3 N–H and O–H groups in total. The average Bonchev–Trinajstić information content (AvgIpc) is 2.62. The van der Waals surface area contributed by atoms with E-state index in [2.05, 4.69) is 23.8 Å². The van der Waals surface area contributed by atoms with Gasteiger partial charge in [0.1, 0.15) is 0 Å². The Bertz CT molecular complexity index is 796. The molecule has 1 aliphatic heterocycles. The molecule has 6 heteroatoms. The lowest BCUT2D eigenvalue weighted by Gasteiger charge is -2.30. The molecule has 0 saturated heterocycles. The Labute approximate surface area is 166 Å². The summed E-state index contributed by atoms with van der Waals surface area (Å²) in [6.07, 6.45) is 6.75. The van der Waals surface area contributed by atoms with Crippen LogP contribution < -0.4 is 15.5 Å². The molecule has 0 unspecified atom stereocenters. The van der Waals surface area contributed by atoms with Gasteiger partial charge in [0, 0.05) is 29.9 Å². The highest BCUT2D eigenvalue weighted by molar-refractivity contribution is 5.98. The number of aliphatic hydroxyl groups excluding tert-OH is 1. The molecule has 0 aromatic heterocycles. The van der Waals surface area contributed by atoms with E-state index in [1.165, 1.54) is 0 Å². The SMILES string of the molecule is C=C/C=C(\C=C)CN1C(=O)CCc2cc(NC(=O)NC(C)(C)CCO)ccc21. The molecule has 1 aromatic carbocycles. The number of anilines is 2. The van der Waals surface area contributed by atoms with E-state index in [4.69, 9.17) is 5.11 Å². The Morgan fingerprint density at radius 1 is 1.32 bits per heavy atom. The van der Waals surface area contributed by atoms with Crippen LogP contribution >= 0.6 is 0 Å². The van der Waals surface area contributed by atoms with Crippen LogP contribution in [0, 0.1) is 0 Å². The summed E-state index contributed by atoms with van der Waals surface area (Å²) in [5.41, 5.74) is 2.92. The van der Waals surface area contributed by atoms with Crippen molar-refractivity contribution in [1.82, 2.24) is 5.32 Å². The summed E-state index contributed by atoms with van der Waals surface area (Å²) in [6, 6.07) is 5.21. The van der Waals surface area contributed by atoms with Crippen molar-refractivity contribution in [3.05, 3.63) is 60.7 Å². The Kier molecular flexibility index (Phi) is 7.18. The van der Waals surface area contributed by atoms with Gasteiger partial charge < -0.3 is 20.6 Å². The van der Waals surface area contributed by atoms with E-state index in [0.717, 1.165) is 16.8 Å². The molecule has 0 fully saturated rings. The topological polar surface area (TPSA) is 81.7 Å². The molecule has 0 saturated carbocycles. The minimum atomic E-state index is -0.505. The van der Waals surface area contributed by atoms with Crippen molar-refractivity contribution < 1.29 is 14.7 Å². The van der Waals surface area contributed by atoms with Gasteiger partial charge in [0.05, 0.1) is 6.54 Å². The van der Waals surface area contributed by atoms with Crippen LogP contribution in [-0.2, 0) is 11.2 Å². The van der Waals surface area contributed by atoms with E-state index < -0.39 is 5.54 Å². The van der Waals surface area contributed by atoms with E-state index in [-0.39, 0.29) is 18.5 Å². The first kappa shape index (κ1) is 21.4. The minimum Gasteiger partial charge on any atom is -0.396 e. The van der Waals surface area contributed by atoms with E-state index in [1.807, 2.05) is 32.1 Å². The van der Waals surface area contributed by atoms with E-state index in [1.54, 1.807) is 23.1 Å². The molecule has 1 aliphatic rings. The van der Waals surface area contributed by atoms with Gasteiger partial charge in [0.2, 0.25) is 5.91 Å². The van der Waals surface area contributed by atoms with Crippen LogP contribution in [0.3, 0.4) is 0 Å². The van der Waals surface area contributed by atoms with Crippen LogP contribution in [0.1, 0.15) is 32.3 Å². The van der Waals surface area contributed by atoms with Gasteiger partial charge in [0.15, 0.2) is 0 Å². The van der Waals surface area contributed by atoms with Gasteiger partial charge in [-0.3, -0.25) is 4.79 Å². The van der Waals surface area contributed by atoms with Gasteiger partial charge in [0.25, 0.3) is 0 Å². The second-order valence-corrected chi connectivity index (χ2v) is 7.44. The van der Waals surface area contributed by atoms with Gasteiger partial charge in [-0.1, -0.05) is 31.4 Å². The molecule has 0 bridgehead atoms. The third-order valence-electron chi connectivity index (χ3n) is 4.66. The van der Waals surface area contributed by atoms with Gasteiger partial charge >= 0.3 is 6.03 Å². The molecule has 1 heterocycles. The van der Waals surface area contributed by atoms with Gasteiger partial charge in [-0.15, -0.1) is 0 Å². The van der Waals surface area contributed by atoms with Crippen LogP contribution in [0.4, 0.5) is 16.2 Å². The summed E-state index contributed by atoms with van der Waals surface area (Å²) < 4.78 is 0. The second kappa shape index (κ2) is 9.37. The number of carbonyl (C=O) groups excluding carboxylic acids is 2. The van der Waals surface area contributed by atoms with E-state index in [9.17, 15) is 9.59 Å². The van der Waals surface area contributed by atoms with Crippen LogP contribution in [0.15, 0.2) is 55.2 Å². The Balaban J connectivity index is 2.16. The summed E-state index contributed by atoms with van der Waals surface area (Å²) in [7, 11) is 0. The standard InChI is InChI=1S/C22H29N3O3/c1-5-7-16(6-2)15-25-19-10-9-18(14-17(19)8-11-20(25)27)23-21(28)24-22(3,4)12-13-26/h5-7,9-10,14,26H,1-2,8,11-13,15H2,3-4H3,(H2,23,24,28)/b16-7+. The lowest BCUT2D eigenvalue weighted by Crippen LogP contribution is -2.46. The average molecular weight is 383 g/mol. The molecule has 28 heavy (non-hydrogen) atoms. The Hall–Kier alpha value is -2.86. The fourth-order valence-corrected chi connectivity index (χ4v) is 3.14. The van der Waals surface area contributed by atoms with Crippen molar-refractivity contribution in [3.63, 3.8) is 0 Å². The maximum absolute atomic E-state index is 12.4. The lowest BCUT2D eigenvalue weighted by atomic mass is 9.99. The number of hydrogen-bond acceptors (Lipinski definition) is 3. The number of urea groups is 1. The zero-order chi connectivity index (χ0) is 20.7. The van der Waals surface area contributed by atoms with Gasteiger partial charge in [-0.05, 0) is 56.0 Å². The Morgan fingerprint density at radius 2 is 2.07 bits per heavy atom. The largest absolute Gasteiger partial charge is 0.396 e. The first-order chi connectivity index (χ1) is 13.3. The van der Waals surface area contributed by atoms with Crippen LogP contribution in [0.25, 0.3) is 0 Å². The maximum Gasteiger partial charge on any atom is 0.319 e. The third kappa shape index (κ3) is 5.57. The molecular formula is C22H29N3O3. The Morgan fingerprint density at radius 3 is 2.71 bits per heavy atom. The number of amides is 3. The molecule has 0 atom stereocenters. The number of benzene rings is 1. The van der Waals surface area contributed by atoms with Crippen LogP contribution in [0.2, 0.25) is 0 Å². The summed E-state index contributed by atoms with van der Waals surface area (Å²) in [5.74, 6) is 0.0634. The predicted octanol–water partition coefficient (Wildman–Crippen LogP) is 3.55. The number of nitrogens with zero attached hydrogens (tertiary/aromatic N) is 1. The molecule has 150 valence electrons. The quantitative estimate of drug-likeness (QED) is 0.601. The van der Waals surface area contributed by atoms with Crippen molar-refractivity contribution in [2.45, 2.75) is 38.6 Å². The molecular weight excluding hydrogens is 354 g/mol. The monoisotopic (exact) mass is 383 g/mol. The minimum absolute atomic E-state index is 0.00296. The lowest BCUT2D eigenvalue weighted by molar-refractivity contribution is -0.118. The highest BCUT2D eigenvalue weighted by atomic mass is 16.3. The molecule has 0 radical (unpaired) electrons. The molecule has 2 rings (SSSR count). The normalized spacial score (nSPS) is 14.3. The molecule has 3 amide bonds. The van der Waals surface area contributed by atoms with Crippen LogP contribution in [0.5, 0.6) is 0 Å². The van der Waals surface area contributed by atoms with Crippen molar-refractivity contribution >= 4 is 23.3 Å². The number of fused-ring (bicyclic) bond motifs is 1. The first-order valence-corrected chi connectivity index (χ1v) is 9.37. The van der Waals surface area contributed by atoms with Crippen molar-refractivity contribution in [2.24, 2.45) is 0 Å². The molecule has 6 nitrogen and oxygen atoms in total. The number of allylic oxidation sites excluding steroid dienone is 2. The number of aryl methyl sites for hydroxylation is 1. The van der Waals surface area contributed by atoms with E-state index in [0.29, 0.717) is 31.5 Å². The zero-order valence-electron chi connectivity index (χ0n) is 16.6. The second-order valence-electron chi connectivity index (χ2n) is 7.44. The first-order valence-electron chi connectivity index (χ1n) is 9.37. The van der Waals surface area contributed by atoms with Crippen molar-refractivity contribution in [2.75, 3.05) is 23.4 Å². The summed E-state index contributed by atoms with van der Waals surface area (Å²) in [5, 5.41) is 14.8. The van der Waals surface area contributed by atoms with Crippen molar-refractivity contribution in [3.8, 4) is 0 Å². The van der Waals surface area contributed by atoms with E-state index >= 15 is 0 Å². The fraction of sp³-hybridized carbons (Fsp3) is 0.364. The molecule has 1 aromatic rings. The maximum atomic E-state index is 12.4. The number of nitrogens with one attached hydrogen (secondary N) is 2. The zero-order valence-corrected chi connectivity index (χ0v) is 16.6. The predicted molar refractivity (Wildman–Crippen MR) is 114 cm³/mol. The van der Waals surface area contributed by atoms with Gasteiger partial charge in [-0.25, -0.2) is 4.79 Å². The number of rotatable bonds is 8. The van der Waals surface area contributed by atoms with Crippen LogP contribution in [-0.4, -0.2) is 35.7 Å².